The first kappa shape index (κ1) is 32.6. The first-order valence-electron chi connectivity index (χ1n) is 13.2. The van der Waals surface area contributed by atoms with Crippen molar-refractivity contribution in [1.29, 1.82) is 0 Å². The predicted molar refractivity (Wildman–Crippen MR) is 164 cm³/mol. The number of benzene rings is 3. The van der Waals surface area contributed by atoms with Crippen LogP contribution < -0.4 is 10.1 Å². The number of amides is 3. The van der Waals surface area contributed by atoms with Gasteiger partial charge < -0.3 is 14.8 Å². The molecule has 0 saturated carbocycles. The summed E-state index contributed by atoms with van der Waals surface area (Å²) in [5, 5.41) is 24.5. The molecule has 232 valence electrons. The van der Waals surface area contributed by atoms with Gasteiger partial charge in [0.25, 0.3) is 16.8 Å². The number of non-ortho nitro benzene ring substituents is 1. The van der Waals surface area contributed by atoms with Gasteiger partial charge in [0.15, 0.2) is 0 Å². The van der Waals surface area contributed by atoms with Gasteiger partial charge in [0.2, 0.25) is 11.7 Å². The topological polar surface area (TPSA) is 188 Å². The SMILES string of the molecule is CCCCOC(=O)c1cc(NC(=O)CN2C(=O)S/C(=C/c3ccccc3Oc3ccc([N+](=O)[O-])cc3[N+](=O)[O-])C2=O)ccc1Cl. The number of ether oxygens (including phenoxy) is 2. The number of halogens is 1. The standard InChI is InChI=1S/C29H23ClN4O10S/c1-2-3-12-43-28(37)20-14-18(8-10-21(20)30)31-26(35)16-32-27(36)25(45-29(32)38)13-17-6-4-5-7-23(17)44-24-11-9-19(33(39)40)15-22(24)34(41)42/h4-11,13-15H,2-3,12,16H2,1H3,(H,31,35)/b25-13+. The molecule has 16 heteroatoms. The van der Waals surface area contributed by atoms with E-state index in [1.54, 1.807) is 12.1 Å². The number of carbonyl (C=O) groups excluding carboxylic acids is 4. The average Bonchev–Trinajstić information content (AvgIpc) is 3.26. The summed E-state index contributed by atoms with van der Waals surface area (Å²) in [6.45, 7) is 1.52. The summed E-state index contributed by atoms with van der Waals surface area (Å²) in [5.74, 6) is -2.37. The number of para-hydroxylation sites is 1. The fraction of sp³-hybridized carbons (Fsp3) is 0.172. The highest BCUT2D eigenvalue weighted by atomic mass is 35.5. The first-order valence-corrected chi connectivity index (χ1v) is 14.4. The first-order chi connectivity index (χ1) is 21.5. The zero-order chi connectivity index (χ0) is 32.7. The van der Waals surface area contributed by atoms with Crippen LogP contribution in [0.1, 0.15) is 35.7 Å². The maximum atomic E-state index is 13.1. The van der Waals surface area contributed by atoms with Gasteiger partial charge in [-0.2, -0.15) is 0 Å². The number of anilines is 1. The summed E-state index contributed by atoms with van der Waals surface area (Å²) in [7, 11) is 0. The Hall–Kier alpha value is -5.28. The normalized spacial score (nSPS) is 13.6. The molecule has 0 aromatic heterocycles. The Morgan fingerprint density at radius 1 is 1.02 bits per heavy atom. The quantitative estimate of drug-likeness (QED) is 0.0730. The van der Waals surface area contributed by atoms with Crippen molar-refractivity contribution in [2.45, 2.75) is 19.8 Å². The highest BCUT2D eigenvalue weighted by molar-refractivity contribution is 8.18. The van der Waals surface area contributed by atoms with Gasteiger partial charge in [0.05, 0.1) is 38.0 Å². The molecular formula is C29H23ClN4O10S. The second-order valence-electron chi connectivity index (χ2n) is 9.31. The minimum atomic E-state index is -0.828. The maximum absolute atomic E-state index is 13.1. The number of rotatable bonds is 12. The van der Waals surface area contributed by atoms with Gasteiger partial charge in [0, 0.05) is 17.3 Å². The molecule has 1 heterocycles. The van der Waals surface area contributed by atoms with Crippen molar-refractivity contribution in [1.82, 2.24) is 4.90 Å². The number of nitrogens with zero attached hydrogens (tertiary/aromatic N) is 3. The van der Waals surface area contributed by atoms with Crippen LogP contribution in [0.2, 0.25) is 5.02 Å². The fourth-order valence-electron chi connectivity index (χ4n) is 3.93. The Labute approximate surface area is 264 Å². The van der Waals surface area contributed by atoms with E-state index in [0.717, 1.165) is 29.5 Å². The highest BCUT2D eigenvalue weighted by Crippen LogP contribution is 2.38. The van der Waals surface area contributed by atoms with Crippen molar-refractivity contribution >= 4 is 69.5 Å². The molecule has 0 aliphatic carbocycles. The Morgan fingerprint density at radius 2 is 1.78 bits per heavy atom. The molecule has 3 aromatic carbocycles. The van der Waals surface area contributed by atoms with Gasteiger partial charge in [-0.25, -0.2) is 4.79 Å². The lowest BCUT2D eigenvalue weighted by Gasteiger charge is -2.13. The van der Waals surface area contributed by atoms with E-state index in [2.05, 4.69) is 5.32 Å². The van der Waals surface area contributed by atoms with Crippen LogP contribution in [0.15, 0.2) is 65.6 Å². The third-order valence-corrected chi connectivity index (χ3v) is 7.39. The van der Waals surface area contributed by atoms with E-state index >= 15 is 0 Å². The lowest BCUT2D eigenvalue weighted by molar-refractivity contribution is -0.394. The molecule has 3 amide bonds. The van der Waals surface area contributed by atoms with Crippen LogP contribution >= 0.6 is 23.4 Å². The van der Waals surface area contributed by atoms with E-state index in [4.69, 9.17) is 21.1 Å². The molecule has 45 heavy (non-hydrogen) atoms. The molecule has 0 unspecified atom stereocenters. The van der Waals surface area contributed by atoms with E-state index in [-0.39, 0.29) is 44.8 Å². The van der Waals surface area contributed by atoms with Crippen LogP contribution in [-0.2, 0) is 14.3 Å². The number of thioether (sulfide) groups is 1. The molecule has 0 atom stereocenters. The van der Waals surface area contributed by atoms with Crippen LogP contribution in [-0.4, -0.2) is 50.9 Å². The summed E-state index contributed by atoms with van der Waals surface area (Å²) in [6.07, 6.45) is 2.82. The van der Waals surface area contributed by atoms with Gasteiger partial charge in [0.1, 0.15) is 12.3 Å². The summed E-state index contributed by atoms with van der Waals surface area (Å²) in [4.78, 5) is 72.5. The number of nitro groups is 2. The molecule has 1 aliphatic rings. The average molecular weight is 655 g/mol. The second kappa shape index (κ2) is 14.5. The number of unbranched alkanes of at least 4 members (excludes halogenated alkanes) is 1. The van der Waals surface area contributed by atoms with Gasteiger partial charge in [-0.1, -0.05) is 43.1 Å². The van der Waals surface area contributed by atoms with Crippen LogP contribution in [0.4, 0.5) is 21.9 Å². The monoisotopic (exact) mass is 654 g/mol. The largest absolute Gasteiger partial charge is 0.462 e. The Morgan fingerprint density at radius 3 is 2.49 bits per heavy atom. The number of esters is 1. The lowest BCUT2D eigenvalue weighted by atomic mass is 10.1. The van der Waals surface area contributed by atoms with Crippen molar-refractivity contribution in [3.8, 4) is 11.5 Å². The second-order valence-corrected chi connectivity index (χ2v) is 10.7. The number of imide groups is 1. The smallest absolute Gasteiger partial charge is 0.339 e. The van der Waals surface area contributed by atoms with E-state index in [9.17, 15) is 39.4 Å². The number of carbonyl (C=O) groups is 4. The van der Waals surface area contributed by atoms with Gasteiger partial charge in [-0.3, -0.25) is 39.5 Å². The fourth-order valence-corrected chi connectivity index (χ4v) is 4.95. The van der Waals surface area contributed by atoms with Gasteiger partial charge in [-0.15, -0.1) is 0 Å². The predicted octanol–water partition coefficient (Wildman–Crippen LogP) is 6.58. The van der Waals surface area contributed by atoms with E-state index < -0.39 is 50.8 Å². The molecule has 14 nitrogen and oxygen atoms in total. The van der Waals surface area contributed by atoms with Gasteiger partial charge in [-0.05, 0) is 54.6 Å². The minimum absolute atomic E-state index is 0.0413. The number of hydrogen-bond donors (Lipinski definition) is 1. The number of nitro benzene ring substituents is 2. The van der Waals surface area contributed by atoms with Crippen molar-refractivity contribution in [2.24, 2.45) is 0 Å². The molecular weight excluding hydrogens is 632 g/mol. The molecule has 0 radical (unpaired) electrons. The molecule has 1 aliphatic heterocycles. The number of hydrogen-bond acceptors (Lipinski definition) is 11. The summed E-state index contributed by atoms with van der Waals surface area (Å²) in [6, 6.07) is 13.2. The van der Waals surface area contributed by atoms with Gasteiger partial charge >= 0.3 is 11.7 Å². The Bertz CT molecular complexity index is 1750. The van der Waals surface area contributed by atoms with Crippen molar-refractivity contribution in [2.75, 3.05) is 18.5 Å². The summed E-state index contributed by atoms with van der Waals surface area (Å²) in [5.41, 5.74) is -0.645. The van der Waals surface area contributed by atoms with Crippen molar-refractivity contribution in [3.05, 3.63) is 102 Å². The van der Waals surface area contributed by atoms with Crippen molar-refractivity contribution in [3.63, 3.8) is 0 Å². The Kier molecular flexibility index (Phi) is 10.5. The zero-order valence-corrected chi connectivity index (χ0v) is 25.0. The summed E-state index contributed by atoms with van der Waals surface area (Å²) < 4.78 is 10.9. The molecule has 3 aromatic rings. The summed E-state index contributed by atoms with van der Waals surface area (Å²) >= 11 is 6.68. The maximum Gasteiger partial charge on any atom is 0.339 e. The molecule has 0 bridgehead atoms. The zero-order valence-electron chi connectivity index (χ0n) is 23.4. The molecule has 1 fully saturated rings. The third-order valence-electron chi connectivity index (χ3n) is 6.15. The van der Waals surface area contributed by atoms with E-state index in [0.29, 0.717) is 18.2 Å². The third kappa shape index (κ3) is 8.01. The highest BCUT2D eigenvalue weighted by Gasteiger charge is 2.36. The van der Waals surface area contributed by atoms with Crippen LogP contribution in [0.5, 0.6) is 11.5 Å². The molecule has 1 saturated heterocycles. The lowest BCUT2D eigenvalue weighted by Crippen LogP contribution is -2.36. The van der Waals surface area contributed by atoms with Crippen LogP contribution in [0.3, 0.4) is 0 Å². The van der Waals surface area contributed by atoms with E-state index in [1.807, 2.05) is 6.92 Å². The number of nitrogens with one attached hydrogen (secondary N) is 1. The molecule has 1 N–H and O–H groups in total. The Balaban J connectivity index is 1.48. The van der Waals surface area contributed by atoms with Crippen LogP contribution in [0.25, 0.3) is 6.08 Å². The minimum Gasteiger partial charge on any atom is -0.462 e. The molecule has 0 spiro atoms. The molecule has 4 rings (SSSR count). The van der Waals surface area contributed by atoms with Crippen LogP contribution in [0, 0.1) is 20.2 Å². The van der Waals surface area contributed by atoms with Crippen molar-refractivity contribution < 1.29 is 38.5 Å². The van der Waals surface area contributed by atoms with E-state index in [1.165, 1.54) is 36.4 Å².